The van der Waals surface area contributed by atoms with Gasteiger partial charge in [-0.1, -0.05) is 33.6 Å². The molecule has 3 rings (SSSR count). The second-order valence-electron chi connectivity index (χ2n) is 4.96. The lowest BCUT2D eigenvalue weighted by Crippen LogP contribution is -2.13. The minimum atomic E-state index is 0.305. The van der Waals surface area contributed by atoms with Crippen molar-refractivity contribution in [2.24, 2.45) is 5.84 Å². The normalized spacial score (nSPS) is 10.5. The average molecular weight is 403 g/mol. The number of nitrogens with zero attached hydrogens (tertiary/aromatic N) is 3. The molecule has 0 aliphatic rings. The zero-order chi connectivity index (χ0) is 16.9. The Morgan fingerprint density at radius 2 is 1.58 bits per heavy atom. The number of rotatable bonds is 5. The molecule has 1 aromatic heterocycles. The maximum atomic E-state index is 5.47. The van der Waals surface area contributed by atoms with E-state index in [9.17, 15) is 0 Å². The van der Waals surface area contributed by atoms with Gasteiger partial charge < -0.3 is 5.32 Å². The highest BCUT2D eigenvalue weighted by atomic mass is 79.9. The van der Waals surface area contributed by atoms with Gasteiger partial charge in [-0.25, -0.2) is 5.84 Å². The molecule has 8 heteroatoms. The van der Waals surface area contributed by atoms with Gasteiger partial charge in [-0.3, -0.25) is 5.43 Å². The molecule has 0 saturated heterocycles. The van der Waals surface area contributed by atoms with Crippen molar-refractivity contribution in [3.63, 3.8) is 0 Å². The van der Waals surface area contributed by atoms with Crippen LogP contribution < -0.4 is 16.6 Å². The van der Waals surface area contributed by atoms with Crippen LogP contribution in [0.15, 0.2) is 63.1 Å². The lowest BCUT2D eigenvalue weighted by molar-refractivity contribution is 0.909. The summed E-state index contributed by atoms with van der Waals surface area (Å²) in [7, 11) is 0. The summed E-state index contributed by atoms with van der Waals surface area (Å²) in [5.74, 6) is 6.20. The standard InChI is InChI=1S/C16H15BrN6S/c1-10-2-8-13(9-3-10)24-16-21-14(20-15(22-16)23-18)19-12-6-4-11(17)5-7-12/h2-9H,18H2,1H3,(H2,19,20,21,22,23). The summed E-state index contributed by atoms with van der Waals surface area (Å²) >= 11 is 4.86. The van der Waals surface area contributed by atoms with Crippen molar-refractivity contribution in [1.29, 1.82) is 0 Å². The van der Waals surface area contributed by atoms with Crippen molar-refractivity contribution >= 4 is 45.3 Å². The highest BCUT2D eigenvalue weighted by molar-refractivity contribution is 9.10. The number of benzene rings is 2. The van der Waals surface area contributed by atoms with Crippen molar-refractivity contribution in [3.8, 4) is 0 Å². The zero-order valence-electron chi connectivity index (χ0n) is 12.8. The summed E-state index contributed by atoms with van der Waals surface area (Å²) in [5, 5.41) is 3.71. The highest BCUT2D eigenvalue weighted by Gasteiger charge is 2.08. The zero-order valence-corrected chi connectivity index (χ0v) is 15.2. The van der Waals surface area contributed by atoms with Crippen LogP contribution in [0.4, 0.5) is 17.6 Å². The van der Waals surface area contributed by atoms with Crippen LogP contribution in [0.25, 0.3) is 0 Å². The summed E-state index contributed by atoms with van der Waals surface area (Å²) < 4.78 is 1.00. The van der Waals surface area contributed by atoms with Crippen LogP contribution in [0, 0.1) is 6.92 Å². The number of halogens is 1. The van der Waals surface area contributed by atoms with Crippen LogP contribution in [0.2, 0.25) is 0 Å². The first-order valence-corrected chi connectivity index (χ1v) is 8.73. The van der Waals surface area contributed by atoms with Gasteiger partial charge >= 0.3 is 0 Å². The molecule has 0 aliphatic carbocycles. The molecule has 0 radical (unpaired) electrons. The molecule has 24 heavy (non-hydrogen) atoms. The van der Waals surface area contributed by atoms with Gasteiger partial charge in [-0.05, 0) is 55.1 Å². The molecule has 0 fully saturated rings. The van der Waals surface area contributed by atoms with E-state index in [-0.39, 0.29) is 0 Å². The van der Waals surface area contributed by atoms with Crippen LogP contribution in [0.3, 0.4) is 0 Å². The van der Waals surface area contributed by atoms with Crippen LogP contribution in [-0.4, -0.2) is 15.0 Å². The molecule has 122 valence electrons. The van der Waals surface area contributed by atoms with Gasteiger partial charge in [-0.2, -0.15) is 15.0 Å². The van der Waals surface area contributed by atoms with Crippen molar-refractivity contribution in [2.75, 3.05) is 10.7 Å². The Kier molecular flexibility index (Phi) is 5.29. The first kappa shape index (κ1) is 16.7. The number of hydrogen-bond donors (Lipinski definition) is 3. The van der Waals surface area contributed by atoms with Crippen molar-refractivity contribution in [2.45, 2.75) is 17.0 Å². The third kappa shape index (κ3) is 4.44. The monoisotopic (exact) mass is 402 g/mol. The molecule has 6 nitrogen and oxygen atoms in total. The molecule has 0 atom stereocenters. The molecule has 1 heterocycles. The molecular formula is C16H15BrN6S. The molecule has 2 aromatic carbocycles. The van der Waals surface area contributed by atoms with E-state index in [0.29, 0.717) is 17.1 Å². The fraction of sp³-hybridized carbons (Fsp3) is 0.0625. The Balaban J connectivity index is 1.84. The van der Waals surface area contributed by atoms with E-state index < -0.39 is 0 Å². The fourth-order valence-corrected chi connectivity index (χ4v) is 2.91. The first-order chi connectivity index (χ1) is 11.6. The SMILES string of the molecule is Cc1ccc(Sc2nc(NN)nc(Nc3ccc(Br)cc3)n2)cc1. The van der Waals surface area contributed by atoms with E-state index in [1.807, 2.05) is 55.5 Å². The van der Waals surface area contributed by atoms with Crippen molar-refractivity contribution in [3.05, 3.63) is 58.6 Å². The van der Waals surface area contributed by atoms with Crippen LogP contribution >= 0.6 is 27.7 Å². The second-order valence-corrected chi connectivity index (χ2v) is 6.91. The Labute approximate surface area is 152 Å². The summed E-state index contributed by atoms with van der Waals surface area (Å²) in [6.45, 7) is 2.05. The van der Waals surface area contributed by atoms with Crippen LogP contribution in [0.1, 0.15) is 5.56 Å². The topological polar surface area (TPSA) is 88.8 Å². The molecule has 0 bridgehead atoms. The van der Waals surface area contributed by atoms with E-state index >= 15 is 0 Å². The average Bonchev–Trinajstić information content (AvgIpc) is 2.59. The first-order valence-electron chi connectivity index (χ1n) is 7.12. The molecular weight excluding hydrogens is 388 g/mol. The molecule has 0 aliphatic heterocycles. The largest absolute Gasteiger partial charge is 0.324 e. The Morgan fingerprint density at radius 1 is 0.917 bits per heavy atom. The number of nitrogen functional groups attached to an aromatic ring is 1. The van der Waals surface area contributed by atoms with Gasteiger partial charge in [0.15, 0.2) is 5.16 Å². The van der Waals surface area contributed by atoms with Crippen molar-refractivity contribution in [1.82, 2.24) is 15.0 Å². The molecule has 0 saturated carbocycles. The predicted molar refractivity (Wildman–Crippen MR) is 100 cm³/mol. The lowest BCUT2D eigenvalue weighted by Gasteiger charge is -2.08. The highest BCUT2D eigenvalue weighted by Crippen LogP contribution is 2.27. The fourth-order valence-electron chi connectivity index (χ4n) is 1.90. The number of aryl methyl sites for hydroxylation is 1. The number of anilines is 3. The van der Waals surface area contributed by atoms with Crippen LogP contribution in [0.5, 0.6) is 0 Å². The van der Waals surface area contributed by atoms with Gasteiger partial charge in [0, 0.05) is 15.1 Å². The van der Waals surface area contributed by atoms with E-state index in [0.717, 1.165) is 15.1 Å². The summed E-state index contributed by atoms with van der Waals surface area (Å²) in [5.41, 5.74) is 4.55. The predicted octanol–water partition coefficient (Wildman–Crippen LogP) is 4.12. The second kappa shape index (κ2) is 7.61. The minimum Gasteiger partial charge on any atom is -0.324 e. The summed E-state index contributed by atoms with van der Waals surface area (Å²) in [4.78, 5) is 14.0. The van der Waals surface area contributed by atoms with E-state index in [4.69, 9.17) is 5.84 Å². The lowest BCUT2D eigenvalue weighted by atomic mass is 10.2. The molecule has 0 unspecified atom stereocenters. The van der Waals surface area contributed by atoms with Gasteiger partial charge in [0.25, 0.3) is 0 Å². The van der Waals surface area contributed by atoms with Crippen molar-refractivity contribution < 1.29 is 0 Å². The van der Waals surface area contributed by atoms with E-state index in [1.165, 1.54) is 17.3 Å². The number of nitrogens with one attached hydrogen (secondary N) is 2. The third-order valence-corrected chi connectivity index (χ3v) is 4.48. The third-order valence-electron chi connectivity index (χ3n) is 3.07. The Bertz CT molecular complexity index is 757. The summed E-state index contributed by atoms with van der Waals surface area (Å²) in [6.07, 6.45) is 0. The molecule has 0 amide bonds. The quantitative estimate of drug-likeness (QED) is 0.436. The van der Waals surface area contributed by atoms with E-state index in [2.05, 4.69) is 41.6 Å². The maximum absolute atomic E-state index is 5.47. The summed E-state index contributed by atoms with van der Waals surface area (Å²) in [6, 6.07) is 15.9. The van der Waals surface area contributed by atoms with Gasteiger partial charge in [0.05, 0.1) is 0 Å². The number of hydrazine groups is 1. The molecule has 3 aromatic rings. The van der Waals surface area contributed by atoms with Gasteiger partial charge in [0.2, 0.25) is 11.9 Å². The van der Waals surface area contributed by atoms with Gasteiger partial charge in [0.1, 0.15) is 0 Å². The molecule has 0 spiro atoms. The minimum absolute atomic E-state index is 0.305. The van der Waals surface area contributed by atoms with E-state index in [1.54, 1.807) is 0 Å². The maximum Gasteiger partial charge on any atom is 0.242 e. The Morgan fingerprint density at radius 3 is 2.25 bits per heavy atom. The smallest absolute Gasteiger partial charge is 0.242 e. The van der Waals surface area contributed by atoms with Crippen LogP contribution in [-0.2, 0) is 0 Å². The molecule has 4 N–H and O–H groups in total. The van der Waals surface area contributed by atoms with Gasteiger partial charge in [-0.15, -0.1) is 0 Å². The Hall–Kier alpha value is -2.16. The number of hydrogen-bond acceptors (Lipinski definition) is 7. The number of aromatic nitrogens is 3. The number of nitrogens with two attached hydrogens (primary N) is 1.